The number of Topliss-reactive ketones (excluding diaryl/α,β-unsaturated/α-hetero) is 2. The topological polar surface area (TPSA) is 34.1 Å². The van der Waals surface area contributed by atoms with Crippen LogP contribution in [0.25, 0.3) is 0 Å². The van der Waals surface area contributed by atoms with Gasteiger partial charge in [-0.05, 0) is 25.7 Å². The molecule has 1 aliphatic carbocycles. The van der Waals surface area contributed by atoms with Crippen molar-refractivity contribution in [2.24, 2.45) is 5.92 Å². The molecule has 0 saturated heterocycles. The van der Waals surface area contributed by atoms with Crippen molar-refractivity contribution < 1.29 is 9.59 Å². The Kier molecular flexibility index (Phi) is 7.14. The monoisotopic (exact) mass is 238 g/mol. The van der Waals surface area contributed by atoms with Crippen LogP contribution in [0.4, 0.5) is 0 Å². The van der Waals surface area contributed by atoms with E-state index in [4.69, 9.17) is 0 Å². The highest BCUT2D eigenvalue weighted by atomic mass is 16.1. The zero-order valence-electron chi connectivity index (χ0n) is 11.2. The van der Waals surface area contributed by atoms with Crippen LogP contribution in [-0.4, -0.2) is 11.6 Å². The summed E-state index contributed by atoms with van der Waals surface area (Å²) in [6.07, 6.45) is 11.9. The van der Waals surface area contributed by atoms with E-state index in [2.05, 4.69) is 0 Å². The normalized spacial score (nSPS) is 17.0. The first-order valence-electron chi connectivity index (χ1n) is 7.19. The summed E-state index contributed by atoms with van der Waals surface area (Å²) in [6, 6.07) is 0. The number of carbonyl (C=O) groups excluding carboxylic acids is 2. The van der Waals surface area contributed by atoms with Crippen molar-refractivity contribution in [1.29, 1.82) is 0 Å². The summed E-state index contributed by atoms with van der Waals surface area (Å²) in [5.41, 5.74) is 0. The Bertz CT molecular complexity index is 239. The molecule has 98 valence electrons. The van der Waals surface area contributed by atoms with Gasteiger partial charge in [-0.2, -0.15) is 0 Å². The number of ketones is 2. The van der Waals surface area contributed by atoms with Gasteiger partial charge in [0.1, 0.15) is 11.6 Å². The molecule has 2 heteroatoms. The lowest BCUT2D eigenvalue weighted by molar-refractivity contribution is -0.119. The van der Waals surface area contributed by atoms with Crippen LogP contribution in [0.2, 0.25) is 0 Å². The SMILES string of the molecule is CC(=O)CCCC(=O)CCCC1CCCCC1. The molecule has 1 fully saturated rings. The fourth-order valence-electron chi connectivity index (χ4n) is 2.72. The molecule has 0 N–H and O–H groups in total. The summed E-state index contributed by atoms with van der Waals surface area (Å²) in [5.74, 6) is 1.43. The third-order valence-electron chi connectivity index (χ3n) is 3.78. The van der Waals surface area contributed by atoms with Gasteiger partial charge in [-0.15, -0.1) is 0 Å². The molecule has 0 aromatic heterocycles. The van der Waals surface area contributed by atoms with Gasteiger partial charge < -0.3 is 4.79 Å². The summed E-state index contributed by atoms with van der Waals surface area (Å²) >= 11 is 0. The summed E-state index contributed by atoms with van der Waals surface area (Å²) in [6.45, 7) is 1.59. The molecule has 0 atom stereocenters. The third kappa shape index (κ3) is 7.30. The van der Waals surface area contributed by atoms with E-state index in [-0.39, 0.29) is 5.78 Å². The van der Waals surface area contributed by atoms with E-state index in [1.54, 1.807) is 6.92 Å². The number of rotatable bonds is 8. The highest BCUT2D eigenvalue weighted by molar-refractivity contribution is 5.80. The fraction of sp³-hybridized carbons (Fsp3) is 0.867. The summed E-state index contributed by atoms with van der Waals surface area (Å²) in [7, 11) is 0. The molecule has 1 aliphatic rings. The number of carbonyl (C=O) groups is 2. The Morgan fingerprint density at radius 1 is 0.941 bits per heavy atom. The lowest BCUT2D eigenvalue weighted by Gasteiger charge is -2.21. The maximum absolute atomic E-state index is 11.6. The molecule has 0 bridgehead atoms. The smallest absolute Gasteiger partial charge is 0.132 e. The summed E-state index contributed by atoms with van der Waals surface area (Å²) < 4.78 is 0. The first-order valence-corrected chi connectivity index (χ1v) is 7.19. The van der Waals surface area contributed by atoms with Crippen LogP contribution in [0.3, 0.4) is 0 Å². The van der Waals surface area contributed by atoms with Gasteiger partial charge in [-0.3, -0.25) is 4.79 Å². The van der Waals surface area contributed by atoms with Crippen molar-refractivity contribution in [3.8, 4) is 0 Å². The molecule has 0 unspecified atom stereocenters. The Morgan fingerprint density at radius 3 is 2.24 bits per heavy atom. The minimum Gasteiger partial charge on any atom is -0.300 e. The van der Waals surface area contributed by atoms with Crippen LogP contribution in [0, 0.1) is 5.92 Å². The van der Waals surface area contributed by atoms with Gasteiger partial charge in [0, 0.05) is 19.3 Å². The second-order valence-corrected chi connectivity index (χ2v) is 5.49. The predicted octanol–water partition coefficient (Wildman–Crippen LogP) is 4.07. The van der Waals surface area contributed by atoms with Gasteiger partial charge in [0.15, 0.2) is 0 Å². The van der Waals surface area contributed by atoms with Gasteiger partial charge in [-0.1, -0.05) is 38.5 Å². The third-order valence-corrected chi connectivity index (χ3v) is 3.78. The molecule has 0 radical (unpaired) electrons. The molecule has 0 heterocycles. The van der Waals surface area contributed by atoms with E-state index in [1.807, 2.05) is 0 Å². The van der Waals surface area contributed by atoms with Crippen LogP contribution in [0.1, 0.15) is 77.6 Å². The van der Waals surface area contributed by atoms with Crippen LogP contribution < -0.4 is 0 Å². The summed E-state index contributed by atoms with van der Waals surface area (Å²) in [5, 5.41) is 0. The van der Waals surface area contributed by atoms with Gasteiger partial charge >= 0.3 is 0 Å². The van der Waals surface area contributed by atoms with Crippen molar-refractivity contribution >= 4 is 11.6 Å². The zero-order chi connectivity index (χ0) is 12.5. The standard InChI is InChI=1S/C15H26O2/c1-13(16)7-5-11-15(17)12-6-10-14-8-3-2-4-9-14/h14H,2-12H2,1H3. The van der Waals surface area contributed by atoms with E-state index in [9.17, 15) is 9.59 Å². The molecule has 1 saturated carbocycles. The summed E-state index contributed by atoms with van der Waals surface area (Å²) in [4.78, 5) is 22.3. The Balaban J connectivity index is 1.97. The highest BCUT2D eigenvalue weighted by Crippen LogP contribution is 2.27. The molecule has 2 nitrogen and oxygen atoms in total. The average Bonchev–Trinajstić information content (AvgIpc) is 2.30. The van der Waals surface area contributed by atoms with Crippen LogP contribution in [-0.2, 0) is 9.59 Å². The molecule has 0 aromatic rings. The van der Waals surface area contributed by atoms with Crippen molar-refractivity contribution in [2.75, 3.05) is 0 Å². The lowest BCUT2D eigenvalue weighted by atomic mass is 9.85. The van der Waals surface area contributed by atoms with Crippen LogP contribution in [0.15, 0.2) is 0 Å². The van der Waals surface area contributed by atoms with Crippen LogP contribution in [0.5, 0.6) is 0 Å². The van der Waals surface area contributed by atoms with Gasteiger partial charge in [0.2, 0.25) is 0 Å². The zero-order valence-corrected chi connectivity index (χ0v) is 11.2. The van der Waals surface area contributed by atoms with Crippen molar-refractivity contribution in [2.45, 2.75) is 77.6 Å². The van der Waals surface area contributed by atoms with Gasteiger partial charge in [-0.25, -0.2) is 0 Å². The van der Waals surface area contributed by atoms with E-state index in [0.29, 0.717) is 18.6 Å². The predicted molar refractivity (Wildman–Crippen MR) is 70.0 cm³/mol. The van der Waals surface area contributed by atoms with E-state index >= 15 is 0 Å². The first-order chi connectivity index (χ1) is 8.18. The highest BCUT2D eigenvalue weighted by Gasteiger charge is 2.13. The van der Waals surface area contributed by atoms with E-state index < -0.39 is 0 Å². The molecule has 1 rings (SSSR count). The molecule has 0 amide bonds. The number of hydrogen-bond donors (Lipinski definition) is 0. The first kappa shape index (κ1) is 14.4. The molecule has 0 aromatic carbocycles. The average molecular weight is 238 g/mol. The van der Waals surface area contributed by atoms with Crippen molar-refractivity contribution in [3.05, 3.63) is 0 Å². The molecular formula is C15H26O2. The largest absolute Gasteiger partial charge is 0.300 e. The second kappa shape index (κ2) is 8.43. The molecule has 0 aliphatic heterocycles. The van der Waals surface area contributed by atoms with E-state index in [1.165, 1.54) is 38.5 Å². The molecule has 0 spiro atoms. The van der Waals surface area contributed by atoms with E-state index in [0.717, 1.165) is 25.2 Å². The van der Waals surface area contributed by atoms with Crippen molar-refractivity contribution in [1.82, 2.24) is 0 Å². The van der Waals surface area contributed by atoms with Gasteiger partial charge in [0.05, 0.1) is 0 Å². The number of hydrogen-bond acceptors (Lipinski definition) is 2. The van der Waals surface area contributed by atoms with Gasteiger partial charge in [0.25, 0.3) is 0 Å². The van der Waals surface area contributed by atoms with Crippen LogP contribution >= 0.6 is 0 Å². The quantitative estimate of drug-likeness (QED) is 0.639. The second-order valence-electron chi connectivity index (χ2n) is 5.49. The lowest BCUT2D eigenvalue weighted by Crippen LogP contribution is -2.07. The maximum atomic E-state index is 11.6. The Labute approximate surface area is 105 Å². The maximum Gasteiger partial charge on any atom is 0.132 e. The Hall–Kier alpha value is -0.660. The molecule has 17 heavy (non-hydrogen) atoms. The minimum absolute atomic E-state index is 0.194. The minimum atomic E-state index is 0.194. The van der Waals surface area contributed by atoms with Crippen molar-refractivity contribution in [3.63, 3.8) is 0 Å². The molecular weight excluding hydrogens is 212 g/mol. The fourth-order valence-corrected chi connectivity index (χ4v) is 2.72. The Morgan fingerprint density at radius 2 is 1.59 bits per heavy atom.